The molecule has 2 aromatic heterocycles. The average molecular weight is 1100 g/mol. The van der Waals surface area contributed by atoms with Gasteiger partial charge in [-0.1, -0.05) is 275 Å². The summed E-state index contributed by atoms with van der Waals surface area (Å²) in [7, 11) is 0. The second kappa shape index (κ2) is 21.6. The van der Waals surface area contributed by atoms with Gasteiger partial charge in [0.2, 0.25) is 6.71 Å². The number of aromatic nitrogens is 2. The van der Waals surface area contributed by atoms with Crippen molar-refractivity contribution in [1.82, 2.24) is 9.97 Å². The summed E-state index contributed by atoms with van der Waals surface area (Å²) in [5, 5.41) is 0. The van der Waals surface area contributed by atoms with E-state index in [4.69, 9.17) is 9.97 Å². The lowest BCUT2D eigenvalue weighted by atomic mass is 9.34. The van der Waals surface area contributed by atoms with Crippen LogP contribution in [-0.4, -0.2) is 16.7 Å². The predicted molar refractivity (Wildman–Crippen MR) is 360 cm³/mol. The Labute approximate surface area is 503 Å². The van der Waals surface area contributed by atoms with Gasteiger partial charge >= 0.3 is 0 Å². The van der Waals surface area contributed by atoms with Crippen LogP contribution in [-0.2, 0) is 5.41 Å². The zero-order valence-electron chi connectivity index (χ0n) is 47.6. The first-order valence-electron chi connectivity index (χ1n) is 29.3. The van der Waals surface area contributed by atoms with Gasteiger partial charge in [-0.25, -0.2) is 9.97 Å². The summed E-state index contributed by atoms with van der Waals surface area (Å²) in [6.45, 7) is 6.87. The van der Waals surface area contributed by atoms with Crippen LogP contribution in [0.3, 0.4) is 0 Å². The molecule has 0 aliphatic carbocycles. The largest absolute Gasteiger partial charge is 0.311 e. The Kier molecular flexibility index (Phi) is 13.2. The van der Waals surface area contributed by atoms with E-state index in [0.717, 1.165) is 84.2 Å². The van der Waals surface area contributed by atoms with Crippen molar-refractivity contribution in [2.45, 2.75) is 36.0 Å². The normalized spacial score (nSPS) is 12.3. The van der Waals surface area contributed by atoms with Crippen LogP contribution in [0.1, 0.15) is 26.3 Å². The molecule has 0 N–H and O–H groups in total. The highest BCUT2D eigenvalue weighted by molar-refractivity contribution is 8.00. The maximum absolute atomic E-state index is 5.73. The minimum atomic E-state index is -0.201. The average Bonchev–Trinajstić information content (AvgIpc) is 0.822. The van der Waals surface area contributed by atoms with E-state index in [1.54, 1.807) is 0 Å². The molecule has 0 atom stereocenters. The lowest BCUT2D eigenvalue weighted by Crippen LogP contribution is -2.60. The number of benzene rings is 11. The van der Waals surface area contributed by atoms with Gasteiger partial charge in [-0.2, -0.15) is 0 Å². The smallest absolute Gasteiger partial charge is 0.249 e. The molecule has 4 heterocycles. The van der Waals surface area contributed by atoms with Crippen LogP contribution in [0.25, 0.3) is 101 Å². The number of fused-ring (bicyclic) bond motifs is 4. The molecule has 0 bridgehead atoms. The van der Waals surface area contributed by atoms with Crippen LogP contribution in [0.5, 0.6) is 0 Å². The maximum atomic E-state index is 5.73. The molecule has 2 aliphatic heterocycles. The molecule has 0 saturated carbocycles. The van der Waals surface area contributed by atoms with Crippen molar-refractivity contribution in [3.05, 3.63) is 303 Å². The van der Waals surface area contributed by atoms with E-state index < -0.39 is 0 Å². The lowest BCUT2D eigenvalue weighted by molar-refractivity contribution is 0.589. The molecule has 402 valence electrons. The molecular formula is C80H58BN3S. The number of rotatable bonds is 10. The highest BCUT2D eigenvalue weighted by Gasteiger charge is 2.45. The van der Waals surface area contributed by atoms with Gasteiger partial charge in [0.05, 0.1) is 28.5 Å². The van der Waals surface area contributed by atoms with Crippen LogP contribution in [0.2, 0.25) is 0 Å². The fourth-order valence-corrected chi connectivity index (χ4v) is 14.1. The highest BCUT2D eigenvalue weighted by Crippen LogP contribution is 2.52. The van der Waals surface area contributed by atoms with Gasteiger partial charge in [-0.3, -0.25) is 0 Å². The Morgan fingerprint density at radius 1 is 0.341 bits per heavy atom. The van der Waals surface area contributed by atoms with E-state index >= 15 is 0 Å². The predicted octanol–water partition coefficient (Wildman–Crippen LogP) is 19.5. The quantitative estimate of drug-likeness (QED) is 0.128. The van der Waals surface area contributed by atoms with Gasteiger partial charge in [-0.05, 0) is 138 Å². The van der Waals surface area contributed by atoms with Gasteiger partial charge in [0, 0.05) is 43.4 Å². The molecule has 85 heavy (non-hydrogen) atoms. The topological polar surface area (TPSA) is 29.0 Å². The molecule has 0 spiro atoms. The molecule has 2 aliphatic rings. The number of hydrogen-bond donors (Lipinski definition) is 0. The van der Waals surface area contributed by atoms with Crippen LogP contribution < -0.4 is 21.3 Å². The first kappa shape index (κ1) is 51.8. The van der Waals surface area contributed by atoms with Crippen molar-refractivity contribution in [2.24, 2.45) is 0 Å². The van der Waals surface area contributed by atoms with E-state index in [-0.39, 0.29) is 12.1 Å². The third-order valence-electron chi connectivity index (χ3n) is 16.9. The van der Waals surface area contributed by atoms with Gasteiger partial charge < -0.3 is 4.90 Å². The molecular weight excluding hydrogens is 1050 g/mol. The first-order valence-corrected chi connectivity index (χ1v) is 30.1. The molecule has 0 radical (unpaired) electrons. The first-order chi connectivity index (χ1) is 41.8. The Balaban J connectivity index is 1.05. The van der Waals surface area contributed by atoms with Crippen molar-refractivity contribution in [3.8, 4) is 101 Å². The second-order valence-electron chi connectivity index (χ2n) is 23.2. The molecule has 0 saturated heterocycles. The molecule has 5 heteroatoms. The van der Waals surface area contributed by atoms with Crippen molar-refractivity contribution in [2.75, 3.05) is 4.90 Å². The third-order valence-corrected chi connectivity index (χ3v) is 18.1. The highest BCUT2D eigenvalue weighted by atomic mass is 32.2. The van der Waals surface area contributed by atoms with Crippen LogP contribution >= 0.6 is 11.8 Å². The molecule has 13 aromatic rings. The van der Waals surface area contributed by atoms with Crippen LogP contribution in [0.4, 0.5) is 17.1 Å². The summed E-state index contributed by atoms with van der Waals surface area (Å²) in [6.07, 6.45) is 0. The number of pyridine rings is 2. The Hall–Kier alpha value is -10.1. The van der Waals surface area contributed by atoms with Crippen molar-refractivity contribution < 1.29 is 0 Å². The van der Waals surface area contributed by atoms with E-state index in [2.05, 4.69) is 323 Å². The summed E-state index contributed by atoms with van der Waals surface area (Å²) in [5.74, 6) is 0. The summed E-state index contributed by atoms with van der Waals surface area (Å²) in [4.78, 5) is 16.4. The fraction of sp³-hybridized carbons (Fsp3) is 0.0500. The van der Waals surface area contributed by atoms with E-state index in [1.807, 2.05) is 11.8 Å². The standard InChI is InChI=1S/C80H58BN3S/c1-80(2,3)63-51-73-77-74(52-63)85-79-68(48-46-66(62-36-20-34-60(50-62)55-27-13-6-14-28-55)76(79)72-40-22-38-70(83-72)58-31-17-8-18-32-58)81(77)67-47-45-65(61-35-19-33-59(49-61)54-25-11-5-12-26-54)75(71-39-21-37-69(82-71)57-29-15-7-16-30-57)78(67)84(73)64-43-41-56(42-44-64)53-23-9-4-10-24-53/h4-52H,1-3H3. The summed E-state index contributed by atoms with van der Waals surface area (Å²) in [5.41, 5.74) is 27.8. The molecule has 11 aromatic carbocycles. The number of hydrogen-bond acceptors (Lipinski definition) is 4. The molecule has 0 unspecified atom stereocenters. The molecule has 0 amide bonds. The zero-order chi connectivity index (χ0) is 57.0. The Morgan fingerprint density at radius 3 is 1.27 bits per heavy atom. The summed E-state index contributed by atoms with van der Waals surface area (Å²) >= 11 is 1.90. The molecule has 15 rings (SSSR count). The minimum absolute atomic E-state index is 0.174. The summed E-state index contributed by atoms with van der Waals surface area (Å²) in [6, 6.07) is 108. The van der Waals surface area contributed by atoms with Gasteiger partial charge in [0.25, 0.3) is 0 Å². The monoisotopic (exact) mass is 1100 g/mol. The SMILES string of the molecule is CC(C)(C)c1cc2c3c(c1)N(c1ccc(-c4ccccc4)cc1)c1c(ccc(-c4cccc(-c5ccccc5)c4)c1-c1cccc(-c4ccccc4)n1)B3c1ccc(-c3cccc(-c4ccccc4)c3)c(-c3cccc(-c4ccccc4)n3)c1S2. The zero-order valence-corrected chi connectivity index (χ0v) is 48.4. The van der Waals surface area contributed by atoms with Crippen molar-refractivity contribution in [1.29, 1.82) is 0 Å². The fourth-order valence-electron chi connectivity index (χ4n) is 12.7. The number of nitrogens with zero attached hydrogens (tertiary/aromatic N) is 3. The van der Waals surface area contributed by atoms with Gasteiger partial charge in [-0.15, -0.1) is 0 Å². The van der Waals surface area contributed by atoms with E-state index in [9.17, 15) is 0 Å². The molecule has 0 fully saturated rings. The van der Waals surface area contributed by atoms with Crippen molar-refractivity contribution >= 4 is 51.9 Å². The maximum Gasteiger partial charge on any atom is 0.249 e. The Bertz CT molecular complexity index is 4640. The minimum Gasteiger partial charge on any atom is -0.311 e. The number of anilines is 3. The van der Waals surface area contributed by atoms with Gasteiger partial charge in [0.1, 0.15) is 0 Å². The van der Waals surface area contributed by atoms with E-state index in [1.165, 1.54) is 65.2 Å². The van der Waals surface area contributed by atoms with Crippen molar-refractivity contribution in [3.63, 3.8) is 0 Å². The van der Waals surface area contributed by atoms with Gasteiger partial charge in [0.15, 0.2) is 0 Å². The second-order valence-corrected chi connectivity index (χ2v) is 24.3. The lowest BCUT2D eigenvalue weighted by Gasteiger charge is -2.43. The van der Waals surface area contributed by atoms with Crippen LogP contribution in [0, 0.1) is 0 Å². The third kappa shape index (κ3) is 9.57. The molecule has 3 nitrogen and oxygen atoms in total. The van der Waals surface area contributed by atoms with E-state index in [0.29, 0.717) is 0 Å². The van der Waals surface area contributed by atoms with Crippen LogP contribution in [0.15, 0.2) is 307 Å². The Morgan fingerprint density at radius 2 is 0.753 bits per heavy atom. The summed E-state index contributed by atoms with van der Waals surface area (Å²) < 4.78 is 0.